The summed E-state index contributed by atoms with van der Waals surface area (Å²) in [5.74, 6) is 0.475. The van der Waals surface area contributed by atoms with Gasteiger partial charge in [-0.25, -0.2) is 9.38 Å². The highest BCUT2D eigenvalue weighted by Crippen LogP contribution is 2.24. The van der Waals surface area contributed by atoms with Gasteiger partial charge in [-0.2, -0.15) is 0 Å². The van der Waals surface area contributed by atoms with Gasteiger partial charge < -0.3 is 20.1 Å². The van der Waals surface area contributed by atoms with Gasteiger partial charge in [-0.15, -0.1) is 0 Å². The number of aliphatic imine (C=N–C) groups is 1. The summed E-state index contributed by atoms with van der Waals surface area (Å²) in [5.41, 5.74) is 2.57. The minimum atomic E-state index is -0.195. The number of hydrogen-bond acceptors (Lipinski definition) is 2. The van der Waals surface area contributed by atoms with Crippen molar-refractivity contribution in [2.24, 2.45) is 12.0 Å². The van der Waals surface area contributed by atoms with Gasteiger partial charge in [0.2, 0.25) is 0 Å². The molecule has 0 fully saturated rings. The molecule has 1 aromatic carbocycles. The zero-order valence-electron chi connectivity index (χ0n) is 16.1. The van der Waals surface area contributed by atoms with Crippen molar-refractivity contribution >= 4 is 29.2 Å². The summed E-state index contributed by atoms with van der Waals surface area (Å²) in [4.78, 5) is 6.53. The van der Waals surface area contributed by atoms with Gasteiger partial charge in [-0.3, -0.25) is 0 Å². The van der Waals surface area contributed by atoms with E-state index in [1.54, 1.807) is 6.07 Å². The Kier molecular flexibility index (Phi) is 7.95. The number of rotatable bonds is 7. The van der Waals surface area contributed by atoms with E-state index in [9.17, 15) is 4.39 Å². The average molecular weight is 414 g/mol. The number of nitrogens with one attached hydrogen (secondary N) is 2. The Hall–Kier alpha value is -1.76. The molecule has 1 aromatic heterocycles. The van der Waals surface area contributed by atoms with Crippen molar-refractivity contribution in [1.29, 1.82) is 0 Å². The highest BCUT2D eigenvalue weighted by Gasteiger charge is 2.09. The van der Waals surface area contributed by atoms with Gasteiger partial charge >= 0.3 is 0 Å². The maximum atomic E-state index is 13.9. The Labute approximate surface area is 170 Å². The van der Waals surface area contributed by atoms with E-state index in [0.29, 0.717) is 41.3 Å². The fourth-order valence-corrected chi connectivity index (χ4v) is 3.05. The Balaban J connectivity index is 2.07. The highest BCUT2D eigenvalue weighted by molar-refractivity contribution is 6.41. The molecule has 5 nitrogen and oxygen atoms in total. The molecular weight excluding hydrogens is 388 g/mol. The fourth-order valence-electron chi connectivity index (χ4n) is 2.63. The van der Waals surface area contributed by atoms with E-state index in [1.165, 1.54) is 6.07 Å². The van der Waals surface area contributed by atoms with E-state index in [0.717, 1.165) is 17.8 Å². The summed E-state index contributed by atoms with van der Waals surface area (Å²) < 4.78 is 15.7. The third kappa shape index (κ3) is 6.13. The molecule has 0 spiro atoms. The molecule has 1 heterocycles. The number of hydrogen-bond donors (Lipinski definition) is 2. The van der Waals surface area contributed by atoms with Crippen molar-refractivity contribution < 1.29 is 4.39 Å². The number of aromatic nitrogens is 1. The van der Waals surface area contributed by atoms with Crippen LogP contribution in [0.4, 0.5) is 4.39 Å². The monoisotopic (exact) mass is 413 g/mol. The zero-order chi connectivity index (χ0) is 20.0. The van der Waals surface area contributed by atoms with Crippen LogP contribution < -0.4 is 10.6 Å². The predicted octanol–water partition coefficient (Wildman–Crippen LogP) is 3.79. The smallest absolute Gasteiger partial charge is 0.191 e. The lowest BCUT2D eigenvalue weighted by Gasteiger charge is -2.13. The average Bonchev–Trinajstić information content (AvgIpc) is 2.86. The molecule has 0 aliphatic heterocycles. The molecule has 0 radical (unpaired) electrons. The van der Waals surface area contributed by atoms with Crippen molar-refractivity contribution in [3.8, 4) is 0 Å². The fraction of sp³-hybridized carbons (Fsp3) is 0.421. The number of benzene rings is 1. The number of guanidine groups is 1. The Morgan fingerprint density at radius 2 is 1.96 bits per heavy atom. The van der Waals surface area contributed by atoms with E-state index in [4.69, 9.17) is 23.2 Å². The molecule has 0 atom stereocenters. The molecule has 2 aromatic rings. The maximum Gasteiger partial charge on any atom is 0.191 e. The molecule has 27 heavy (non-hydrogen) atoms. The van der Waals surface area contributed by atoms with Crippen molar-refractivity contribution in [2.75, 3.05) is 20.6 Å². The first-order valence-corrected chi connectivity index (χ1v) is 9.51. The minimum absolute atomic E-state index is 0.195. The van der Waals surface area contributed by atoms with Gasteiger partial charge in [-0.1, -0.05) is 29.3 Å². The van der Waals surface area contributed by atoms with Crippen LogP contribution in [0.3, 0.4) is 0 Å². The molecule has 0 bridgehead atoms. The molecule has 0 aliphatic carbocycles. The van der Waals surface area contributed by atoms with E-state index in [2.05, 4.69) is 15.6 Å². The summed E-state index contributed by atoms with van der Waals surface area (Å²) in [6.45, 7) is 4.27. The standard InChI is InChI=1S/C19H26Cl2FN5/c1-5-23-19(25-11-15-9-16(20)18(21)27(15)4)24-10-13-6-7-17(22)14(8-13)12-26(2)3/h6-9H,5,10-12H2,1-4H3,(H2,23,24,25). The van der Waals surface area contributed by atoms with Gasteiger partial charge in [0, 0.05) is 31.4 Å². The molecule has 2 N–H and O–H groups in total. The second-order valence-electron chi connectivity index (χ2n) is 6.55. The Morgan fingerprint density at radius 3 is 2.56 bits per heavy atom. The van der Waals surface area contributed by atoms with Crippen molar-refractivity contribution in [2.45, 2.75) is 26.6 Å². The number of nitrogens with zero attached hydrogens (tertiary/aromatic N) is 3. The van der Waals surface area contributed by atoms with Gasteiger partial charge in [-0.05, 0) is 44.8 Å². The lowest BCUT2D eigenvalue weighted by atomic mass is 10.1. The zero-order valence-corrected chi connectivity index (χ0v) is 17.6. The topological polar surface area (TPSA) is 44.6 Å². The molecule has 2 rings (SSSR count). The van der Waals surface area contributed by atoms with Crippen LogP contribution in [0.1, 0.15) is 23.7 Å². The summed E-state index contributed by atoms with van der Waals surface area (Å²) in [7, 11) is 5.69. The third-order valence-electron chi connectivity index (χ3n) is 4.01. The van der Waals surface area contributed by atoms with Crippen LogP contribution in [-0.4, -0.2) is 36.1 Å². The molecular formula is C19H26Cl2FN5. The normalized spacial score (nSPS) is 11.9. The molecule has 0 amide bonds. The largest absolute Gasteiger partial charge is 0.357 e. The molecule has 0 saturated heterocycles. The summed E-state index contributed by atoms with van der Waals surface area (Å²) in [6.07, 6.45) is 0. The molecule has 0 saturated carbocycles. The second kappa shape index (κ2) is 9.97. The van der Waals surface area contributed by atoms with E-state index >= 15 is 0 Å². The summed E-state index contributed by atoms with van der Waals surface area (Å²) in [6, 6.07) is 6.95. The van der Waals surface area contributed by atoms with Crippen LogP contribution in [0.15, 0.2) is 29.3 Å². The van der Waals surface area contributed by atoms with Gasteiger partial charge in [0.1, 0.15) is 11.0 Å². The first-order valence-electron chi connectivity index (χ1n) is 8.75. The highest BCUT2D eigenvalue weighted by atomic mass is 35.5. The van der Waals surface area contributed by atoms with Crippen molar-refractivity contribution in [1.82, 2.24) is 20.1 Å². The van der Waals surface area contributed by atoms with Gasteiger partial charge in [0.25, 0.3) is 0 Å². The minimum Gasteiger partial charge on any atom is -0.357 e. The second-order valence-corrected chi connectivity index (χ2v) is 7.31. The Morgan fingerprint density at radius 1 is 1.22 bits per heavy atom. The van der Waals surface area contributed by atoms with Gasteiger partial charge in [0.05, 0.1) is 18.1 Å². The molecule has 8 heteroatoms. The van der Waals surface area contributed by atoms with Crippen LogP contribution in [0, 0.1) is 5.82 Å². The lowest BCUT2D eigenvalue weighted by Crippen LogP contribution is -2.37. The quantitative estimate of drug-likeness (QED) is 0.535. The van der Waals surface area contributed by atoms with E-state index < -0.39 is 0 Å². The lowest BCUT2D eigenvalue weighted by molar-refractivity contribution is 0.392. The first-order chi connectivity index (χ1) is 12.8. The predicted molar refractivity (Wildman–Crippen MR) is 111 cm³/mol. The SMILES string of the molecule is CCNC(=NCc1ccc(F)c(CN(C)C)c1)NCc1cc(Cl)c(Cl)n1C. The van der Waals surface area contributed by atoms with Gasteiger partial charge in [0.15, 0.2) is 5.96 Å². The van der Waals surface area contributed by atoms with Crippen molar-refractivity contribution in [3.05, 3.63) is 57.1 Å². The third-order valence-corrected chi connectivity index (χ3v) is 4.86. The van der Waals surface area contributed by atoms with E-state index in [1.807, 2.05) is 49.7 Å². The maximum absolute atomic E-state index is 13.9. The Bertz CT molecular complexity index is 802. The van der Waals surface area contributed by atoms with Crippen LogP contribution >= 0.6 is 23.2 Å². The van der Waals surface area contributed by atoms with E-state index in [-0.39, 0.29) is 5.82 Å². The van der Waals surface area contributed by atoms with Crippen LogP contribution in [0.5, 0.6) is 0 Å². The van der Waals surface area contributed by atoms with Crippen LogP contribution in [0.2, 0.25) is 10.2 Å². The molecule has 0 aliphatic rings. The first kappa shape index (κ1) is 21.5. The van der Waals surface area contributed by atoms with Crippen LogP contribution in [-0.2, 0) is 26.7 Å². The van der Waals surface area contributed by atoms with Crippen LogP contribution in [0.25, 0.3) is 0 Å². The molecule has 0 unspecified atom stereocenters. The molecule has 148 valence electrons. The number of halogens is 3. The summed E-state index contributed by atoms with van der Waals surface area (Å²) in [5, 5.41) is 7.50. The van der Waals surface area contributed by atoms with Crippen molar-refractivity contribution in [3.63, 3.8) is 0 Å². The summed E-state index contributed by atoms with van der Waals surface area (Å²) >= 11 is 12.2.